The normalized spacial score (nSPS) is 26.9. The highest BCUT2D eigenvalue weighted by Gasteiger charge is 2.38. The maximum Gasteiger partial charge on any atom is 0.337 e. The standard InChI is InChI=1S/C17H24O4S/c1-17(2)5-4-13-11(6-17)14(16(18)19)15(22-13)12-9-21-8-10(12)7-20-3/h10,12H,4-9H2,1-3H3,(H,18,19)/t10-,12+/m0/s1. The van der Waals surface area contributed by atoms with E-state index in [4.69, 9.17) is 9.47 Å². The van der Waals surface area contributed by atoms with Crippen LogP contribution in [0.25, 0.3) is 0 Å². The van der Waals surface area contributed by atoms with Crippen LogP contribution in [0.15, 0.2) is 0 Å². The number of aryl methyl sites for hydroxylation is 1. The molecule has 2 aliphatic rings. The van der Waals surface area contributed by atoms with E-state index in [-0.39, 0.29) is 17.3 Å². The third-order valence-corrected chi connectivity index (χ3v) is 6.36. The molecule has 0 aromatic carbocycles. The van der Waals surface area contributed by atoms with Crippen molar-refractivity contribution in [2.24, 2.45) is 11.3 Å². The molecule has 22 heavy (non-hydrogen) atoms. The summed E-state index contributed by atoms with van der Waals surface area (Å²) in [6, 6.07) is 0. The van der Waals surface area contributed by atoms with E-state index < -0.39 is 5.97 Å². The van der Waals surface area contributed by atoms with Crippen LogP contribution in [0.2, 0.25) is 0 Å². The summed E-state index contributed by atoms with van der Waals surface area (Å²) < 4.78 is 10.9. The second-order valence-corrected chi connectivity index (χ2v) is 8.39. The minimum absolute atomic E-state index is 0.157. The molecule has 0 radical (unpaired) electrons. The number of carboxylic acids is 1. The summed E-state index contributed by atoms with van der Waals surface area (Å²) in [4.78, 5) is 14.2. The predicted molar refractivity (Wildman–Crippen MR) is 86.0 cm³/mol. The lowest BCUT2D eigenvalue weighted by molar-refractivity contribution is 0.0693. The molecule has 0 amide bonds. The Morgan fingerprint density at radius 3 is 2.91 bits per heavy atom. The van der Waals surface area contributed by atoms with Gasteiger partial charge in [-0.25, -0.2) is 4.79 Å². The zero-order chi connectivity index (χ0) is 15.9. The lowest BCUT2D eigenvalue weighted by atomic mass is 9.75. The number of rotatable bonds is 4. The zero-order valence-electron chi connectivity index (χ0n) is 13.5. The Kier molecular flexibility index (Phi) is 4.32. The molecule has 1 aliphatic carbocycles. The fourth-order valence-corrected chi connectivity index (χ4v) is 5.19. The molecule has 4 nitrogen and oxygen atoms in total. The van der Waals surface area contributed by atoms with Crippen molar-refractivity contribution in [1.82, 2.24) is 0 Å². The van der Waals surface area contributed by atoms with Crippen LogP contribution in [0.1, 0.15) is 51.9 Å². The molecule has 1 N–H and O–H groups in total. The first-order chi connectivity index (χ1) is 10.4. The van der Waals surface area contributed by atoms with Crippen molar-refractivity contribution in [3.8, 4) is 0 Å². The van der Waals surface area contributed by atoms with Gasteiger partial charge >= 0.3 is 5.97 Å². The highest BCUT2D eigenvalue weighted by Crippen LogP contribution is 2.46. The van der Waals surface area contributed by atoms with Crippen LogP contribution in [-0.2, 0) is 22.3 Å². The van der Waals surface area contributed by atoms with Crippen LogP contribution < -0.4 is 0 Å². The number of thiophene rings is 1. The Balaban J connectivity index is 2.02. The van der Waals surface area contributed by atoms with Gasteiger partial charge in [-0.1, -0.05) is 13.8 Å². The van der Waals surface area contributed by atoms with Crippen molar-refractivity contribution in [3.63, 3.8) is 0 Å². The van der Waals surface area contributed by atoms with Crippen LogP contribution in [-0.4, -0.2) is 38.0 Å². The molecule has 0 unspecified atom stereocenters. The van der Waals surface area contributed by atoms with Gasteiger partial charge in [-0.2, -0.15) is 0 Å². The zero-order valence-corrected chi connectivity index (χ0v) is 14.3. The molecule has 0 bridgehead atoms. The maximum absolute atomic E-state index is 11.9. The van der Waals surface area contributed by atoms with Crippen molar-refractivity contribution < 1.29 is 19.4 Å². The first kappa shape index (κ1) is 16.0. The lowest BCUT2D eigenvalue weighted by Crippen LogP contribution is -2.23. The topological polar surface area (TPSA) is 55.8 Å². The number of ether oxygens (including phenoxy) is 2. The quantitative estimate of drug-likeness (QED) is 0.923. The molecule has 2 heterocycles. The summed E-state index contributed by atoms with van der Waals surface area (Å²) >= 11 is 1.70. The summed E-state index contributed by atoms with van der Waals surface area (Å²) in [5.41, 5.74) is 1.82. The van der Waals surface area contributed by atoms with Crippen molar-refractivity contribution in [3.05, 3.63) is 20.9 Å². The van der Waals surface area contributed by atoms with Crippen molar-refractivity contribution in [2.45, 2.75) is 39.0 Å². The maximum atomic E-state index is 11.9. The van der Waals surface area contributed by atoms with E-state index in [1.165, 1.54) is 4.88 Å². The second-order valence-electron chi connectivity index (χ2n) is 7.25. The molecule has 0 spiro atoms. The van der Waals surface area contributed by atoms with Gasteiger partial charge < -0.3 is 14.6 Å². The van der Waals surface area contributed by atoms with Crippen LogP contribution >= 0.6 is 11.3 Å². The third kappa shape index (κ3) is 2.82. The van der Waals surface area contributed by atoms with E-state index in [1.54, 1.807) is 18.4 Å². The average Bonchev–Trinajstić information content (AvgIpc) is 3.01. The van der Waals surface area contributed by atoms with Gasteiger partial charge in [-0.05, 0) is 30.2 Å². The van der Waals surface area contributed by atoms with Gasteiger partial charge in [0.15, 0.2) is 0 Å². The van der Waals surface area contributed by atoms with E-state index in [0.29, 0.717) is 25.4 Å². The molecular formula is C17H24O4S. The summed E-state index contributed by atoms with van der Waals surface area (Å²) in [5.74, 6) is -0.366. The Labute approximate surface area is 135 Å². The predicted octanol–water partition coefficient (Wildman–Crippen LogP) is 3.34. The van der Waals surface area contributed by atoms with Crippen LogP contribution in [0.3, 0.4) is 0 Å². The number of carbonyl (C=O) groups is 1. The summed E-state index contributed by atoms with van der Waals surface area (Å²) in [6.07, 6.45) is 2.99. The molecule has 1 saturated heterocycles. The van der Waals surface area contributed by atoms with Crippen molar-refractivity contribution in [2.75, 3.05) is 26.9 Å². The molecule has 1 aromatic rings. The van der Waals surface area contributed by atoms with E-state index in [9.17, 15) is 9.90 Å². The minimum Gasteiger partial charge on any atom is -0.478 e. The molecule has 3 rings (SSSR count). The fourth-order valence-electron chi connectivity index (χ4n) is 3.70. The smallest absolute Gasteiger partial charge is 0.337 e. The van der Waals surface area contributed by atoms with Crippen molar-refractivity contribution in [1.29, 1.82) is 0 Å². The first-order valence-corrected chi connectivity index (χ1v) is 8.69. The molecule has 1 fully saturated rings. The minimum atomic E-state index is -0.784. The Morgan fingerprint density at radius 2 is 2.23 bits per heavy atom. The van der Waals surface area contributed by atoms with E-state index in [0.717, 1.165) is 29.7 Å². The fraction of sp³-hybridized carbons (Fsp3) is 0.706. The number of carboxylic acid groups (broad SMARTS) is 1. The number of methoxy groups -OCH3 is 1. The van der Waals surface area contributed by atoms with Crippen molar-refractivity contribution >= 4 is 17.3 Å². The Bertz CT molecular complexity index is 575. The van der Waals surface area contributed by atoms with Gasteiger partial charge in [0.05, 0.1) is 25.4 Å². The van der Waals surface area contributed by atoms with Crippen LogP contribution in [0.5, 0.6) is 0 Å². The van der Waals surface area contributed by atoms with Gasteiger partial charge in [-0.15, -0.1) is 11.3 Å². The number of hydrogen-bond acceptors (Lipinski definition) is 4. The average molecular weight is 324 g/mol. The van der Waals surface area contributed by atoms with Crippen LogP contribution in [0, 0.1) is 11.3 Å². The second kappa shape index (κ2) is 5.95. The SMILES string of the molecule is COC[C@H]1COC[C@H]1c1sc2c(c1C(=O)O)CC(C)(C)CC2. The molecule has 122 valence electrons. The molecule has 1 aromatic heterocycles. The Hall–Kier alpha value is -0.910. The summed E-state index contributed by atoms with van der Waals surface area (Å²) in [6.45, 7) is 6.34. The largest absolute Gasteiger partial charge is 0.478 e. The Morgan fingerprint density at radius 1 is 1.45 bits per heavy atom. The van der Waals surface area contributed by atoms with E-state index in [1.807, 2.05) is 0 Å². The highest BCUT2D eigenvalue weighted by molar-refractivity contribution is 7.12. The van der Waals surface area contributed by atoms with Crippen LogP contribution in [0.4, 0.5) is 0 Å². The van der Waals surface area contributed by atoms with Gasteiger partial charge in [0.1, 0.15) is 0 Å². The van der Waals surface area contributed by atoms with Gasteiger partial charge in [0, 0.05) is 28.7 Å². The first-order valence-electron chi connectivity index (χ1n) is 7.87. The van der Waals surface area contributed by atoms with Gasteiger partial charge in [0.2, 0.25) is 0 Å². The number of fused-ring (bicyclic) bond motifs is 1. The van der Waals surface area contributed by atoms with Gasteiger partial charge in [-0.3, -0.25) is 0 Å². The highest BCUT2D eigenvalue weighted by atomic mass is 32.1. The van der Waals surface area contributed by atoms with Gasteiger partial charge in [0.25, 0.3) is 0 Å². The summed E-state index contributed by atoms with van der Waals surface area (Å²) in [5, 5.41) is 9.79. The number of hydrogen-bond donors (Lipinski definition) is 1. The molecule has 0 saturated carbocycles. The molecular weight excluding hydrogens is 300 g/mol. The van der Waals surface area contributed by atoms with E-state index >= 15 is 0 Å². The van der Waals surface area contributed by atoms with E-state index in [2.05, 4.69) is 13.8 Å². The number of aromatic carboxylic acids is 1. The molecule has 1 aliphatic heterocycles. The molecule has 2 atom stereocenters. The summed E-state index contributed by atoms with van der Waals surface area (Å²) in [7, 11) is 1.69. The lowest BCUT2D eigenvalue weighted by Gasteiger charge is -2.29. The monoisotopic (exact) mass is 324 g/mol. The molecule has 5 heteroatoms. The third-order valence-electron chi connectivity index (χ3n) is 4.93.